The van der Waals surface area contributed by atoms with E-state index < -0.39 is 0 Å². The van der Waals surface area contributed by atoms with Gasteiger partial charge in [0.25, 0.3) is 0 Å². The van der Waals surface area contributed by atoms with Crippen molar-refractivity contribution in [2.45, 2.75) is 40.0 Å². The Morgan fingerprint density at radius 2 is 1.80 bits per heavy atom. The summed E-state index contributed by atoms with van der Waals surface area (Å²) in [6, 6.07) is 0. The maximum Gasteiger partial charge on any atom is 0.136 e. The molecule has 0 aromatic carbocycles. The second-order valence-corrected chi connectivity index (χ2v) is 4.22. The summed E-state index contributed by atoms with van der Waals surface area (Å²) in [7, 11) is 0. The van der Waals surface area contributed by atoms with E-state index in [0.717, 1.165) is 13.2 Å². The number of nitrogens with zero attached hydrogens (tertiary/aromatic N) is 1. The average Bonchev–Trinajstić information content (AvgIpc) is 2.26. The van der Waals surface area contributed by atoms with Crippen LogP contribution in [0.1, 0.15) is 40.0 Å². The molecule has 15 heavy (non-hydrogen) atoms. The van der Waals surface area contributed by atoms with Gasteiger partial charge in [-0.1, -0.05) is 26.8 Å². The van der Waals surface area contributed by atoms with E-state index in [9.17, 15) is 0 Å². The molecular formula is C13H28NO+. The van der Waals surface area contributed by atoms with Gasteiger partial charge in [-0.3, -0.25) is 0 Å². The monoisotopic (exact) mass is 214 g/mol. The van der Waals surface area contributed by atoms with Crippen LogP contribution in [0.4, 0.5) is 0 Å². The van der Waals surface area contributed by atoms with Gasteiger partial charge in [0, 0.05) is 0 Å². The number of likely N-dealkylation sites (N-methyl/N-ethyl adjacent to an activating group) is 1. The quantitative estimate of drug-likeness (QED) is 0.308. The Hall–Kier alpha value is -0.500. The SMILES string of the molecule is C=COCC[N@@+](CC)(CCC)CCCC. The summed E-state index contributed by atoms with van der Waals surface area (Å²) in [5.41, 5.74) is 0. The Kier molecular flexibility index (Phi) is 8.49. The zero-order valence-corrected chi connectivity index (χ0v) is 10.8. The molecule has 0 aliphatic rings. The highest BCUT2D eigenvalue weighted by Crippen LogP contribution is 2.10. The van der Waals surface area contributed by atoms with Gasteiger partial charge in [0.2, 0.25) is 0 Å². The summed E-state index contributed by atoms with van der Waals surface area (Å²) in [6.07, 6.45) is 5.41. The fraction of sp³-hybridized carbons (Fsp3) is 0.846. The van der Waals surface area contributed by atoms with Crippen molar-refractivity contribution in [1.82, 2.24) is 0 Å². The summed E-state index contributed by atoms with van der Waals surface area (Å²) in [5.74, 6) is 0. The van der Waals surface area contributed by atoms with Crippen molar-refractivity contribution in [2.75, 3.05) is 32.8 Å². The number of hydrogen-bond acceptors (Lipinski definition) is 1. The second-order valence-electron chi connectivity index (χ2n) is 4.22. The van der Waals surface area contributed by atoms with E-state index in [2.05, 4.69) is 27.4 Å². The van der Waals surface area contributed by atoms with Crippen LogP contribution < -0.4 is 0 Å². The highest BCUT2D eigenvalue weighted by molar-refractivity contribution is 4.50. The Bertz CT molecular complexity index is 159. The van der Waals surface area contributed by atoms with E-state index in [1.807, 2.05) is 0 Å². The minimum absolute atomic E-state index is 0.807. The first kappa shape index (κ1) is 14.5. The lowest BCUT2D eigenvalue weighted by Crippen LogP contribution is -2.51. The van der Waals surface area contributed by atoms with Crippen molar-refractivity contribution in [3.05, 3.63) is 12.8 Å². The van der Waals surface area contributed by atoms with Crippen molar-refractivity contribution in [3.63, 3.8) is 0 Å². The zero-order chi connectivity index (χ0) is 11.6. The molecule has 0 fully saturated rings. The van der Waals surface area contributed by atoms with E-state index in [-0.39, 0.29) is 0 Å². The number of hydrogen-bond donors (Lipinski definition) is 0. The number of quaternary nitrogens is 1. The van der Waals surface area contributed by atoms with E-state index in [1.165, 1.54) is 43.4 Å². The highest BCUT2D eigenvalue weighted by Gasteiger charge is 2.23. The van der Waals surface area contributed by atoms with Crippen molar-refractivity contribution < 1.29 is 9.22 Å². The summed E-state index contributed by atoms with van der Waals surface area (Å²) in [6.45, 7) is 16.1. The Morgan fingerprint density at radius 3 is 2.27 bits per heavy atom. The molecule has 0 aliphatic heterocycles. The standard InChI is InChI=1S/C13H28NO/c1-5-9-11-14(7-3,10-6-2)12-13-15-8-4/h8H,4-7,9-13H2,1-3H3/q+1/t14-/m0/s1. The molecule has 0 saturated carbocycles. The summed E-state index contributed by atoms with van der Waals surface area (Å²) in [5, 5.41) is 0. The molecule has 0 amide bonds. The third-order valence-corrected chi connectivity index (χ3v) is 3.16. The van der Waals surface area contributed by atoms with Crippen LogP contribution in [0, 0.1) is 0 Å². The third-order valence-electron chi connectivity index (χ3n) is 3.16. The van der Waals surface area contributed by atoms with E-state index in [0.29, 0.717) is 0 Å². The molecule has 0 radical (unpaired) electrons. The number of ether oxygens (including phenoxy) is 1. The Morgan fingerprint density at radius 1 is 1.07 bits per heavy atom. The van der Waals surface area contributed by atoms with Gasteiger partial charge in [-0.05, 0) is 19.8 Å². The van der Waals surface area contributed by atoms with Crippen LogP contribution in [0.3, 0.4) is 0 Å². The van der Waals surface area contributed by atoms with Crippen LogP contribution in [-0.4, -0.2) is 37.3 Å². The normalized spacial score (nSPS) is 14.6. The molecule has 0 rings (SSSR count). The summed E-state index contributed by atoms with van der Waals surface area (Å²) in [4.78, 5) is 0. The van der Waals surface area contributed by atoms with Crippen LogP contribution in [-0.2, 0) is 4.74 Å². The van der Waals surface area contributed by atoms with Crippen molar-refractivity contribution in [1.29, 1.82) is 0 Å². The van der Waals surface area contributed by atoms with E-state index in [1.54, 1.807) is 6.26 Å². The Balaban J connectivity index is 4.14. The van der Waals surface area contributed by atoms with Gasteiger partial charge in [0.15, 0.2) is 0 Å². The molecule has 0 saturated heterocycles. The van der Waals surface area contributed by atoms with Crippen LogP contribution >= 0.6 is 0 Å². The fourth-order valence-electron chi connectivity index (χ4n) is 2.11. The number of rotatable bonds is 10. The first-order chi connectivity index (χ1) is 7.24. The van der Waals surface area contributed by atoms with Crippen molar-refractivity contribution in [3.8, 4) is 0 Å². The minimum Gasteiger partial charge on any atom is -0.496 e. The lowest BCUT2D eigenvalue weighted by Gasteiger charge is -2.37. The van der Waals surface area contributed by atoms with Gasteiger partial charge in [0.1, 0.15) is 13.2 Å². The van der Waals surface area contributed by atoms with Gasteiger partial charge in [0.05, 0.1) is 25.9 Å². The van der Waals surface area contributed by atoms with Crippen molar-refractivity contribution >= 4 is 0 Å². The molecule has 1 atom stereocenters. The third kappa shape index (κ3) is 5.83. The molecule has 0 N–H and O–H groups in total. The largest absolute Gasteiger partial charge is 0.496 e. The van der Waals surface area contributed by atoms with E-state index >= 15 is 0 Å². The van der Waals surface area contributed by atoms with Gasteiger partial charge >= 0.3 is 0 Å². The van der Waals surface area contributed by atoms with E-state index in [4.69, 9.17) is 4.74 Å². The number of unbranched alkanes of at least 4 members (excludes halogenated alkanes) is 1. The van der Waals surface area contributed by atoms with Crippen molar-refractivity contribution in [2.24, 2.45) is 0 Å². The van der Waals surface area contributed by atoms with Gasteiger partial charge < -0.3 is 9.22 Å². The van der Waals surface area contributed by atoms with Gasteiger partial charge in [-0.2, -0.15) is 0 Å². The maximum atomic E-state index is 5.27. The predicted octanol–water partition coefficient (Wildman–Crippen LogP) is 3.19. The molecule has 0 spiro atoms. The molecule has 0 aromatic heterocycles. The van der Waals surface area contributed by atoms with Crippen LogP contribution in [0.25, 0.3) is 0 Å². The predicted molar refractivity (Wildman–Crippen MR) is 66.8 cm³/mol. The molecular weight excluding hydrogens is 186 g/mol. The molecule has 0 unspecified atom stereocenters. The molecule has 0 bridgehead atoms. The summed E-state index contributed by atoms with van der Waals surface area (Å²) < 4.78 is 6.47. The highest BCUT2D eigenvalue weighted by atomic mass is 16.5. The van der Waals surface area contributed by atoms with Gasteiger partial charge in [-0.25, -0.2) is 0 Å². The Labute approximate surface area is 95.5 Å². The minimum atomic E-state index is 0.807. The maximum absolute atomic E-state index is 5.27. The zero-order valence-electron chi connectivity index (χ0n) is 10.8. The first-order valence-corrected chi connectivity index (χ1v) is 6.32. The lowest BCUT2D eigenvalue weighted by atomic mass is 10.2. The van der Waals surface area contributed by atoms with Crippen LogP contribution in [0.15, 0.2) is 12.8 Å². The molecule has 0 aliphatic carbocycles. The molecule has 2 heteroatoms. The van der Waals surface area contributed by atoms with Crippen LogP contribution in [0.5, 0.6) is 0 Å². The average molecular weight is 214 g/mol. The topological polar surface area (TPSA) is 9.23 Å². The molecule has 0 aromatic rings. The second kappa shape index (κ2) is 8.78. The smallest absolute Gasteiger partial charge is 0.136 e. The van der Waals surface area contributed by atoms with Gasteiger partial charge in [-0.15, -0.1) is 0 Å². The molecule has 0 heterocycles. The lowest BCUT2D eigenvalue weighted by molar-refractivity contribution is -0.927. The summed E-state index contributed by atoms with van der Waals surface area (Å²) >= 11 is 0. The molecule has 90 valence electrons. The van der Waals surface area contributed by atoms with Crippen LogP contribution in [0.2, 0.25) is 0 Å². The molecule has 2 nitrogen and oxygen atoms in total. The fourth-order valence-corrected chi connectivity index (χ4v) is 2.11. The first-order valence-electron chi connectivity index (χ1n) is 6.32.